The van der Waals surface area contributed by atoms with Crippen molar-refractivity contribution in [2.45, 2.75) is 39.7 Å². The summed E-state index contributed by atoms with van der Waals surface area (Å²) in [4.78, 5) is 11.7. The van der Waals surface area contributed by atoms with Gasteiger partial charge in [-0.25, -0.2) is 0 Å². The molecule has 1 aromatic heterocycles. The Labute approximate surface area is 92.6 Å². The summed E-state index contributed by atoms with van der Waals surface area (Å²) in [6.07, 6.45) is 2.18. The van der Waals surface area contributed by atoms with E-state index in [0.717, 1.165) is 4.47 Å². The molecular weight excluding hydrogens is 244 g/mol. The molecule has 0 bridgehead atoms. The number of carbonyl (C=O) groups excluding carboxylic acids is 1. The van der Waals surface area contributed by atoms with Crippen molar-refractivity contribution in [1.82, 2.24) is 9.78 Å². The molecule has 0 fully saturated rings. The van der Waals surface area contributed by atoms with Crippen molar-refractivity contribution in [2.75, 3.05) is 0 Å². The maximum atomic E-state index is 11.7. The van der Waals surface area contributed by atoms with Gasteiger partial charge >= 0.3 is 0 Å². The van der Waals surface area contributed by atoms with Crippen molar-refractivity contribution >= 4 is 21.7 Å². The number of rotatable bonds is 2. The second kappa shape index (κ2) is 3.85. The zero-order chi connectivity index (χ0) is 10.9. The molecule has 0 aromatic carbocycles. The van der Waals surface area contributed by atoms with Gasteiger partial charge in [-0.2, -0.15) is 5.10 Å². The quantitative estimate of drug-likeness (QED) is 0.765. The minimum atomic E-state index is -0.161. The topological polar surface area (TPSA) is 34.9 Å². The molecule has 3 nitrogen and oxygen atoms in total. The van der Waals surface area contributed by atoms with E-state index < -0.39 is 0 Å². The third-order valence-corrected chi connectivity index (χ3v) is 2.53. The van der Waals surface area contributed by atoms with Crippen LogP contribution in [0, 0.1) is 0 Å². The van der Waals surface area contributed by atoms with Crippen molar-refractivity contribution in [3.05, 3.63) is 16.4 Å². The van der Waals surface area contributed by atoms with E-state index in [1.165, 1.54) is 0 Å². The van der Waals surface area contributed by atoms with Gasteiger partial charge in [0.25, 0.3) is 0 Å². The maximum absolute atomic E-state index is 11.7. The minimum Gasteiger partial charge on any atom is -0.292 e. The first kappa shape index (κ1) is 11.4. The molecule has 0 saturated heterocycles. The number of aromatic nitrogens is 2. The van der Waals surface area contributed by atoms with Crippen LogP contribution in [0.3, 0.4) is 0 Å². The first-order valence-electron chi connectivity index (χ1n) is 4.65. The van der Waals surface area contributed by atoms with Gasteiger partial charge in [0.05, 0.1) is 16.2 Å². The van der Waals surface area contributed by atoms with Crippen LogP contribution in [0.15, 0.2) is 10.7 Å². The van der Waals surface area contributed by atoms with Crippen molar-refractivity contribution in [1.29, 1.82) is 0 Å². The molecule has 0 radical (unpaired) electrons. The van der Waals surface area contributed by atoms with Crippen LogP contribution >= 0.6 is 15.9 Å². The summed E-state index contributed by atoms with van der Waals surface area (Å²) in [5.41, 5.74) is 0.506. The number of carbonyl (C=O) groups is 1. The van der Waals surface area contributed by atoms with Crippen LogP contribution < -0.4 is 0 Å². The van der Waals surface area contributed by atoms with Gasteiger partial charge in [0.1, 0.15) is 5.69 Å². The Morgan fingerprint density at radius 1 is 1.57 bits per heavy atom. The molecule has 1 heterocycles. The molecule has 0 aliphatic carbocycles. The molecule has 0 N–H and O–H groups in total. The highest BCUT2D eigenvalue weighted by Crippen LogP contribution is 2.23. The molecule has 0 aliphatic heterocycles. The number of hydrogen-bond acceptors (Lipinski definition) is 2. The van der Waals surface area contributed by atoms with Crippen molar-refractivity contribution < 1.29 is 4.79 Å². The molecule has 0 amide bonds. The van der Waals surface area contributed by atoms with Crippen LogP contribution in [-0.2, 0) is 5.54 Å². The molecule has 0 saturated carbocycles. The maximum Gasteiger partial charge on any atom is 0.181 e. The predicted molar refractivity (Wildman–Crippen MR) is 59.5 cm³/mol. The molecule has 1 aromatic rings. The summed E-state index contributed by atoms with van der Waals surface area (Å²) in [6, 6.07) is 0. The van der Waals surface area contributed by atoms with Crippen molar-refractivity contribution in [2.24, 2.45) is 0 Å². The van der Waals surface area contributed by atoms with Gasteiger partial charge in [-0.1, -0.05) is 6.92 Å². The van der Waals surface area contributed by atoms with Crippen molar-refractivity contribution in [3.8, 4) is 0 Å². The normalized spacial score (nSPS) is 11.8. The lowest BCUT2D eigenvalue weighted by Crippen LogP contribution is -2.27. The molecular formula is C10H15BrN2O. The van der Waals surface area contributed by atoms with Crippen LogP contribution in [0.1, 0.15) is 44.6 Å². The van der Waals surface area contributed by atoms with Crippen LogP contribution in [0.5, 0.6) is 0 Å². The number of nitrogens with zero attached hydrogens (tertiary/aromatic N) is 2. The summed E-state index contributed by atoms with van der Waals surface area (Å²) >= 11 is 3.35. The first-order valence-corrected chi connectivity index (χ1v) is 5.44. The van der Waals surface area contributed by atoms with Crippen molar-refractivity contribution in [3.63, 3.8) is 0 Å². The number of hydrogen-bond donors (Lipinski definition) is 0. The van der Waals surface area contributed by atoms with Crippen LogP contribution in [0.25, 0.3) is 0 Å². The fourth-order valence-corrected chi connectivity index (χ4v) is 1.74. The van der Waals surface area contributed by atoms with Gasteiger partial charge in [-0.05, 0) is 36.7 Å². The lowest BCUT2D eigenvalue weighted by Gasteiger charge is -2.21. The molecule has 4 heteroatoms. The third kappa shape index (κ3) is 2.05. The molecule has 0 unspecified atom stereocenters. The Balaban J connectivity index is 3.26. The van der Waals surface area contributed by atoms with Gasteiger partial charge in [-0.15, -0.1) is 0 Å². The summed E-state index contributed by atoms with van der Waals surface area (Å²) in [5, 5.41) is 4.20. The van der Waals surface area contributed by atoms with Gasteiger partial charge in [0, 0.05) is 6.42 Å². The van der Waals surface area contributed by atoms with Gasteiger partial charge in [0.15, 0.2) is 5.78 Å². The average molecular weight is 259 g/mol. The van der Waals surface area contributed by atoms with Gasteiger partial charge in [0.2, 0.25) is 0 Å². The van der Waals surface area contributed by atoms with E-state index in [2.05, 4.69) is 21.0 Å². The fourth-order valence-electron chi connectivity index (χ4n) is 1.26. The van der Waals surface area contributed by atoms with E-state index in [-0.39, 0.29) is 11.3 Å². The summed E-state index contributed by atoms with van der Waals surface area (Å²) in [7, 11) is 0. The van der Waals surface area contributed by atoms with E-state index in [0.29, 0.717) is 12.1 Å². The summed E-state index contributed by atoms with van der Waals surface area (Å²) in [6.45, 7) is 7.94. The molecule has 0 aliphatic rings. The molecule has 1 rings (SSSR count). The lowest BCUT2D eigenvalue weighted by atomic mass is 10.1. The standard InChI is InChI=1S/C10H15BrN2O/c1-5-8(14)9-7(11)6-12-13(9)10(2,3)4/h6H,5H2,1-4H3. The van der Waals surface area contributed by atoms with E-state index >= 15 is 0 Å². The van der Waals surface area contributed by atoms with Crippen LogP contribution in [0.2, 0.25) is 0 Å². The first-order chi connectivity index (χ1) is 6.38. The molecule has 0 spiro atoms. The van der Waals surface area contributed by atoms with E-state index in [1.54, 1.807) is 10.9 Å². The smallest absolute Gasteiger partial charge is 0.181 e. The van der Waals surface area contributed by atoms with Gasteiger partial charge < -0.3 is 0 Å². The Morgan fingerprint density at radius 2 is 2.14 bits per heavy atom. The zero-order valence-corrected chi connectivity index (χ0v) is 10.6. The predicted octanol–water partition coefficient (Wildman–Crippen LogP) is 2.99. The Morgan fingerprint density at radius 3 is 2.57 bits per heavy atom. The third-order valence-electron chi connectivity index (χ3n) is 1.95. The van der Waals surface area contributed by atoms with E-state index in [4.69, 9.17) is 0 Å². The zero-order valence-electron chi connectivity index (χ0n) is 8.97. The van der Waals surface area contributed by atoms with Gasteiger partial charge in [-0.3, -0.25) is 9.48 Å². The highest BCUT2D eigenvalue weighted by molar-refractivity contribution is 9.10. The molecule has 0 atom stereocenters. The SMILES string of the molecule is CCC(=O)c1c(Br)cnn1C(C)(C)C. The number of halogens is 1. The Kier molecular flexibility index (Phi) is 3.14. The summed E-state index contributed by atoms with van der Waals surface area (Å²) in [5.74, 6) is 0.115. The molecule has 78 valence electrons. The Hall–Kier alpha value is -0.640. The highest BCUT2D eigenvalue weighted by atomic mass is 79.9. The van der Waals surface area contributed by atoms with Crippen LogP contribution in [0.4, 0.5) is 0 Å². The number of Topliss-reactive ketones (excluding diaryl/α,β-unsaturated/α-hetero) is 1. The largest absolute Gasteiger partial charge is 0.292 e. The number of ketones is 1. The minimum absolute atomic E-state index is 0.115. The molecule has 14 heavy (non-hydrogen) atoms. The second-order valence-electron chi connectivity index (χ2n) is 4.20. The monoisotopic (exact) mass is 258 g/mol. The highest BCUT2D eigenvalue weighted by Gasteiger charge is 2.23. The fraction of sp³-hybridized carbons (Fsp3) is 0.600. The van der Waals surface area contributed by atoms with E-state index in [9.17, 15) is 4.79 Å². The second-order valence-corrected chi connectivity index (χ2v) is 5.05. The lowest BCUT2D eigenvalue weighted by molar-refractivity contribution is 0.0969. The summed E-state index contributed by atoms with van der Waals surface area (Å²) < 4.78 is 2.54. The van der Waals surface area contributed by atoms with Crippen LogP contribution in [-0.4, -0.2) is 15.6 Å². The van der Waals surface area contributed by atoms with E-state index in [1.807, 2.05) is 27.7 Å². The Bertz CT molecular complexity index is 349. The average Bonchev–Trinajstić information content (AvgIpc) is 2.45.